The quantitative estimate of drug-likeness (QED) is 0.233. The van der Waals surface area contributed by atoms with Crippen LogP contribution in [0.1, 0.15) is 23.9 Å². The summed E-state index contributed by atoms with van der Waals surface area (Å²) in [5, 5.41) is 13.8. The van der Waals surface area contributed by atoms with Crippen molar-refractivity contribution in [2.24, 2.45) is 5.10 Å². The van der Waals surface area contributed by atoms with Crippen molar-refractivity contribution in [3.05, 3.63) is 102 Å². The normalized spacial score (nSPS) is 11.1. The highest BCUT2D eigenvalue weighted by atomic mass is 32.2. The molecule has 1 aromatic heterocycles. The van der Waals surface area contributed by atoms with Gasteiger partial charge in [-0.25, -0.2) is 0 Å². The number of hydrogen-bond acceptors (Lipinski definition) is 6. The van der Waals surface area contributed by atoms with E-state index in [0.29, 0.717) is 12.4 Å². The molecule has 33 heavy (non-hydrogen) atoms. The Hall–Kier alpha value is -3.58. The Morgan fingerprint density at radius 2 is 1.64 bits per heavy atom. The largest absolute Gasteiger partial charge is 0.486 e. The maximum atomic E-state index is 5.83. The number of nitrogens with zero attached hydrogens (tertiary/aromatic N) is 5. The summed E-state index contributed by atoms with van der Waals surface area (Å²) in [4.78, 5) is 2.35. The Morgan fingerprint density at radius 3 is 2.30 bits per heavy atom. The van der Waals surface area contributed by atoms with Gasteiger partial charge in [-0.2, -0.15) is 9.78 Å². The lowest BCUT2D eigenvalue weighted by Gasteiger charge is -2.23. The summed E-state index contributed by atoms with van der Waals surface area (Å²) in [6, 6.07) is 28.6. The van der Waals surface area contributed by atoms with E-state index in [0.717, 1.165) is 29.6 Å². The van der Waals surface area contributed by atoms with Gasteiger partial charge in [0.2, 0.25) is 5.16 Å². The molecule has 0 fully saturated rings. The van der Waals surface area contributed by atoms with Gasteiger partial charge in [-0.15, -0.1) is 10.2 Å². The van der Waals surface area contributed by atoms with E-state index in [-0.39, 0.29) is 0 Å². The van der Waals surface area contributed by atoms with Crippen LogP contribution >= 0.6 is 11.8 Å². The molecule has 0 N–H and O–H groups in total. The van der Waals surface area contributed by atoms with Gasteiger partial charge in [0.05, 0.1) is 6.21 Å². The number of benzene rings is 3. The highest BCUT2D eigenvalue weighted by Crippen LogP contribution is 2.19. The maximum Gasteiger partial charge on any atom is 0.211 e. The number of rotatable bonds is 10. The third kappa shape index (κ3) is 6.02. The highest BCUT2D eigenvalue weighted by Gasteiger charge is 2.11. The molecule has 0 aliphatic heterocycles. The molecule has 0 amide bonds. The van der Waals surface area contributed by atoms with Crippen LogP contribution < -0.4 is 9.64 Å². The average molecular weight is 458 g/mol. The predicted octanol–water partition coefficient (Wildman–Crippen LogP) is 5.49. The number of aromatic nitrogens is 3. The van der Waals surface area contributed by atoms with Crippen molar-refractivity contribution in [1.82, 2.24) is 14.9 Å². The van der Waals surface area contributed by atoms with Gasteiger partial charge in [0.1, 0.15) is 12.4 Å². The summed E-state index contributed by atoms with van der Waals surface area (Å²) in [6.45, 7) is 4.28. The van der Waals surface area contributed by atoms with Crippen molar-refractivity contribution in [3.8, 4) is 5.75 Å². The molecule has 4 rings (SSSR count). The van der Waals surface area contributed by atoms with Gasteiger partial charge in [0.25, 0.3) is 0 Å². The van der Waals surface area contributed by atoms with E-state index in [4.69, 9.17) is 4.74 Å². The molecule has 0 unspecified atom stereocenters. The molecule has 0 saturated heterocycles. The fraction of sp³-hybridized carbons (Fsp3) is 0.192. The molecule has 4 aromatic rings. The lowest BCUT2D eigenvalue weighted by Crippen LogP contribution is -2.21. The second-order valence-electron chi connectivity index (χ2n) is 7.35. The van der Waals surface area contributed by atoms with Crippen molar-refractivity contribution in [2.75, 3.05) is 17.7 Å². The van der Waals surface area contributed by atoms with Crippen molar-refractivity contribution in [1.29, 1.82) is 0 Å². The summed E-state index contributed by atoms with van der Waals surface area (Å²) in [7, 11) is 0. The van der Waals surface area contributed by atoms with E-state index in [1.54, 1.807) is 4.68 Å². The maximum absolute atomic E-state index is 5.83. The van der Waals surface area contributed by atoms with Crippen molar-refractivity contribution >= 4 is 23.7 Å². The topological polar surface area (TPSA) is 55.5 Å². The smallest absolute Gasteiger partial charge is 0.211 e. The SMILES string of the molecule is CCN(Cc1ccccc1)c1ccc(/C=N\n2c(COc3ccccc3)nnc2SC)cc1. The Bertz CT molecular complexity index is 1160. The highest BCUT2D eigenvalue weighted by molar-refractivity contribution is 7.98. The minimum atomic E-state index is 0.290. The second kappa shape index (κ2) is 11.3. The Labute approximate surface area is 198 Å². The first-order valence-corrected chi connectivity index (χ1v) is 12.1. The number of ether oxygens (including phenoxy) is 1. The molecule has 7 heteroatoms. The van der Waals surface area contributed by atoms with Gasteiger partial charge in [-0.05, 0) is 48.6 Å². The van der Waals surface area contributed by atoms with Crippen LogP contribution in [0.2, 0.25) is 0 Å². The molecule has 168 valence electrons. The molecule has 6 nitrogen and oxygen atoms in total. The summed E-state index contributed by atoms with van der Waals surface area (Å²) in [5.74, 6) is 1.43. The molecule has 0 atom stereocenters. The number of anilines is 1. The van der Waals surface area contributed by atoms with E-state index < -0.39 is 0 Å². The Kier molecular flexibility index (Phi) is 7.76. The number of hydrogen-bond donors (Lipinski definition) is 0. The summed E-state index contributed by atoms with van der Waals surface area (Å²) in [6.07, 6.45) is 3.78. The van der Waals surface area contributed by atoms with Crippen LogP contribution in [0.25, 0.3) is 0 Å². The van der Waals surface area contributed by atoms with Crippen LogP contribution in [0.4, 0.5) is 5.69 Å². The standard InChI is InChI=1S/C26H27N5OS/c1-3-30(19-22-10-6-4-7-11-22)23-16-14-21(15-17-23)18-27-31-25(28-29-26(31)33-2)20-32-24-12-8-5-9-13-24/h4-18H,3,19-20H2,1-2H3/b27-18-. The first kappa shape index (κ1) is 22.6. The van der Waals surface area contributed by atoms with Gasteiger partial charge in [-0.3, -0.25) is 0 Å². The molecule has 0 spiro atoms. The van der Waals surface area contributed by atoms with Crippen LogP contribution in [-0.4, -0.2) is 33.9 Å². The molecular weight excluding hydrogens is 430 g/mol. The predicted molar refractivity (Wildman–Crippen MR) is 135 cm³/mol. The molecule has 0 radical (unpaired) electrons. The summed E-state index contributed by atoms with van der Waals surface area (Å²) < 4.78 is 7.57. The summed E-state index contributed by atoms with van der Waals surface area (Å²) in [5.41, 5.74) is 3.49. The monoisotopic (exact) mass is 457 g/mol. The third-order valence-corrected chi connectivity index (χ3v) is 5.77. The fourth-order valence-electron chi connectivity index (χ4n) is 3.38. The van der Waals surface area contributed by atoms with Gasteiger partial charge in [0.15, 0.2) is 5.82 Å². The summed E-state index contributed by atoms with van der Waals surface area (Å²) >= 11 is 1.50. The first-order valence-electron chi connectivity index (χ1n) is 10.9. The minimum absolute atomic E-state index is 0.290. The van der Waals surface area contributed by atoms with Crippen LogP contribution in [-0.2, 0) is 13.2 Å². The van der Waals surface area contributed by atoms with Gasteiger partial charge in [-0.1, -0.05) is 72.4 Å². The van der Waals surface area contributed by atoms with Crippen LogP contribution in [0, 0.1) is 0 Å². The van der Waals surface area contributed by atoms with Gasteiger partial charge >= 0.3 is 0 Å². The zero-order valence-electron chi connectivity index (χ0n) is 18.8. The van der Waals surface area contributed by atoms with Crippen LogP contribution in [0.3, 0.4) is 0 Å². The molecular formula is C26H27N5OS. The van der Waals surface area contributed by atoms with Crippen molar-refractivity contribution < 1.29 is 4.74 Å². The molecule has 1 heterocycles. The van der Waals surface area contributed by atoms with E-state index in [1.807, 2.05) is 48.9 Å². The Morgan fingerprint density at radius 1 is 0.939 bits per heavy atom. The number of para-hydroxylation sites is 1. The second-order valence-corrected chi connectivity index (χ2v) is 8.13. The minimum Gasteiger partial charge on any atom is -0.486 e. The molecule has 3 aromatic carbocycles. The average Bonchev–Trinajstić information content (AvgIpc) is 3.28. The zero-order valence-corrected chi connectivity index (χ0v) is 19.7. The third-order valence-electron chi connectivity index (χ3n) is 5.15. The Balaban J connectivity index is 1.46. The molecule has 0 bridgehead atoms. The van der Waals surface area contributed by atoms with E-state index in [9.17, 15) is 0 Å². The number of thioether (sulfide) groups is 1. The molecule has 0 aliphatic rings. The lowest BCUT2D eigenvalue weighted by atomic mass is 10.1. The van der Waals surface area contributed by atoms with Crippen molar-refractivity contribution in [2.45, 2.75) is 25.2 Å². The zero-order chi connectivity index (χ0) is 22.9. The van der Waals surface area contributed by atoms with Gasteiger partial charge in [0, 0.05) is 18.8 Å². The van der Waals surface area contributed by atoms with Crippen molar-refractivity contribution in [3.63, 3.8) is 0 Å². The molecule has 0 saturated carbocycles. The molecule has 0 aliphatic carbocycles. The lowest BCUT2D eigenvalue weighted by molar-refractivity contribution is 0.290. The van der Waals surface area contributed by atoms with Crippen LogP contribution in [0.5, 0.6) is 5.75 Å². The van der Waals surface area contributed by atoms with E-state index >= 15 is 0 Å². The van der Waals surface area contributed by atoms with E-state index in [2.05, 4.69) is 75.7 Å². The van der Waals surface area contributed by atoms with Crippen LogP contribution in [0.15, 0.2) is 95.2 Å². The van der Waals surface area contributed by atoms with E-state index in [1.165, 1.54) is 23.0 Å². The first-order chi connectivity index (χ1) is 16.3. The van der Waals surface area contributed by atoms with Gasteiger partial charge < -0.3 is 9.64 Å². The fourth-order valence-corrected chi connectivity index (χ4v) is 3.83.